The molecule has 0 aliphatic heterocycles. The number of aryl methyl sites for hydroxylation is 1. The van der Waals surface area contributed by atoms with Gasteiger partial charge in [0.1, 0.15) is 0 Å². The number of aromatic nitrogens is 4. The quantitative estimate of drug-likeness (QED) is 0.819. The van der Waals surface area contributed by atoms with Gasteiger partial charge in [0.15, 0.2) is 0 Å². The van der Waals surface area contributed by atoms with Gasteiger partial charge in [-0.25, -0.2) is 5.10 Å². The summed E-state index contributed by atoms with van der Waals surface area (Å²) in [5.41, 5.74) is 0.640. The van der Waals surface area contributed by atoms with Gasteiger partial charge < -0.3 is 0 Å². The molecule has 0 bridgehead atoms. The van der Waals surface area contributed by atoms with Crippen LogP contribution < -0.4 is 0 Å². The van der Waals surface area contributed by atoms with Crippen LogP contribution in [0.2, 0.25) is 0 Å². The molecular weight excluding hydrogens is 202 g/mol. The third kappa shape index (κ3) is 1.70. The molecule has 1 N–H and O–H groups in total. The number of rotatable bonds is 2. The molecule has 2 rings (SSSR count). The summed E-state index contributed by atoms with van der Waals surface area (Å²) in [6.07, 6.45) is 0. The number of hydrogen-bond donors (Lipinski definition) is 1. The van der Waals surface area contributed by atoms with Gasteiger partial charge >= 0.3 is 5.92 Å². The molecule has 15 heavy (non-hydrogen) atoms. The highest BCUT2D eigenvalue weighted by atomic mass is 19.3. The number of H-pyrrole nitrogens is 1. The summed E-state index contributed by atoms with van der Waals surface area (Å²) in [6, 6.07) is 6.07. The van der Waals surface area contributed by atoms with Crippen molar-refractivity contribution in [2.75, 3.05) is 0 Å². The van der Waals surface area contributed by atoms with Gasteiger partial charge in [0.2, 0.25) is 5.82 Å². The smallest absolute Gasteiger partial charge is 0.237 e. The Bertz CT molecular complexity index is 453. The molecule has 1 aromatic carbocycles. The number of hydrogen-bond acceptors (Lipinski definition) is 3. The van der Waals surface area contributed by atoms with Crippen LogP contribution in [0.25, 0.3) is 0 Å². The number of aromatic amines is 1. The number of halogens is 2. The number of alkyl halides is 2. The van der Waals surface area contributed by atoms with Crippen LogP contribution in [0.4, 0.5) is 8.78 Å². The topological polar surface area (TPSA) is 54.5 Å². The summed E-state index contributed by atoms with van der Waals surface area (Å²) in [7, 11) is 0. The molecule has 4 nitrogen and oxygen atoms in total. The molecule has 2 aromatic rings. The highest BCUT2D eigenvalue weighted by molar-refractivity contribution is 5.29. The zero-order valence-corrected chi connectivity index (χ0v) is 7.91. The van der Waals surface area contributed by atoms with Crippen molar-refractivity contribution >= 4 is 0 Å². The number of tetrazole rings is 1. The van der Waals surface area contributed by atoms with Gasteiger partial charge in [0, 0.05) is 5.56 Å². The molecule has 0 radical (unpaired) electrons. The number of nitrogens with one attached hydrogen (secondary N) is 1. The van der Waals surface area contributed by atoms with E-state index in [9.17, 15) is 8.78 Å². The third-order valence-electron chi connectivity index (χ3n) is 2.02. The van der Waals surface area contributed by atoms with Crippen molar-refractivity contribution < 1.29 is 8.78 Å². The van der Waals surface area contributed by atoms with Gasteiger partial charge in [-0.1, -0.05) is 23.8 Å². The SMILES string of the molecule is Cc1cccc(C(F)(F)c2nnn[nH]2)c1. The predicted octanol–water partition coefficient (Wildman–Crippen LogP) is 1.65. The van der Waals surface area contributed by atoms with Gasteiger partial charge in [-0.3, -0.25) is 0 Å². The Morgan fingerprint density at radius 2 is 2.13 bits per heavy atom. The second-order valence-corrected chi connectivity index (χ2v) is 3.19. The van der Waals surface area contributed by atoms with Crippen LogP contribution in [0.3, 0.4) is 0 Å². The van der Waals surface area contributed by atoms with Crippen molar-refractivity contribution in [1.29, 1.82) is 0 Å². The zero-order chi connectivity index (χ0) is 10.9. The van der Waals surface area contributed by atoms with E-state index >= 15 is 0 Å². The summed E-state index contributed by atoms with van der Waals surface area (Å²) in [6.45, 7) is 1.75. The minimum atomic E-state index is -3.18. The molecule has 0 saturated carbocycles. The molecule has 0 aliphatic carbocycles. The van der Waals surface area contributed by atoms with E-state index in [4.69, 9.17) is 0 Å². The van der Waals surface area contributed by atoms with Gasteiger partial charge in [-0.15, -0.1) is 5.10 Å². The molecule has 78 valence electrons. The summed E-state index contributed by atoms with van der Waals surface area (Å²) in [4.78, 5) is 0. The summed E-state index contributed by atoms with van der Waals surface area (Å²) >= 11 is 0. The zero-order valence-electron chi connectivity index (χ0n) is 7.91. The van der Waals surface area contributed by atoms with Gasteiger partial charge in [0.25, 0.3) is 0 Å². The number of benzene rings is 1. The Hall–Kier alpha value is -1.85. The van der Waals surface area contributed by atoms with Crippen LogP contribution in [0.5, 0.6) is 0 Å². The van der Waals surface area contributed by atoms with E-state index in [0.717, 1.165) is 5.56 Å². The van der Waals surface area contributed by atoms with Crippen LogP contribution in [0, 0.1) is 6.92 Å². The van der Waals surface area contributed by atoms with E-state index in [2.05, 4.69) is 20.6 Å². The van der Waals surface area contributed by atoms with Crippen molar-refractivity contribution in [3.8, 4) is 0 Å². The predicted molar refractivity (Wildman–Crippen MR) is 48.4 cm³/mol. The Kier molecular flexibility index (Phi) is 2.18. The molecular formula is C9H8F2N4. The highest BCUT2D eigenvalue weighted by Gasteiger charge is 2.37. The van der Waals surface area contributed by atoms with E-state index in [1.54, 1.807) is 19.1 Å². The Morgan fingerprint density at radius 3 is 2.73 bits per heavy atom. The fraction of sp³-hybridized carbons (Fsp3) is 0.222. The lowest BCUT2D eigenvalue weighted by molar-refractivity contribution is 0.0328. The van der Waals surface area contributed by atoms with Crippen molar-refractivity contribution in [3.05, 3.63) is 41.2 Å². The molecule has 1 aromatic heterocycles. The molecule has 6 heteroatoms. The average molecular weight is 210 g/mol. The van der Waals surface area contributed by atoms with Crippen LogP contribution in [0.15, 0.2) is 24.3 Å². The Morgan fingerprint density at radius 1 is 1.33 bits per heavy atom. The lowest BCUT2D eigenvalue weighted by Gasteiger charge is -2.13. The number of nitrogens with zero attached hydrogens (tertiary/aromatic N) is 3. The van der Waals surface area contributed by atoms with Crippen LogP contribution in [-0.4, -0.2) is 20.6 Å². The summed E-state index contributed by atoms with van der Waals surface area (Å²) in [5.74, 6) is -3.73. The standard InChI is InChI=1S/C9H8F2N4/c1-6-3-2-4-7(5-6)9(10,11)8-12-14-15-13-8/h2-5H,1H3,(H,12,13,14,15). The maximum Gasteiger partial charge on any atom is 0.333 e. The maximum absolute atomic E-state index is 13.7. The second-order valence-electron chi connectivity index (χ2n) is 3.19. The first-order valence-corrected chi connectivity index (χ1v) is 4.30. The Labute approximate surface area is 84.3 Å². The maximum atomic E-state index is 13.7. The normalized spacial score (nSPS) is 11.7. The molecule has 0 fully saturated rings. The highest BCUT2D eigenvalue weighted by Crippen LogP contribution is 2.32. The molecule has 0 unspecified atom stereocenters. The van der Waals surface area contributed by atoms with Gasteiger partial charge in [-0.2, -0.15) is 8.78 Å². The fourth-order valence-electron chi connectivity index (χ4n) is 1.27. The van der Waals surface area contributed by atoms with E-state index in [0.29, 0.717) is 0 Å². The lowest BCUT2D eigenvalue weighted by atomic mass is 10.1. The molecule has 0 saturated heterocycles. The first kappa shape index (κ1) is 9.70. The minimum absolute atomic E-state index is 0.124. The van der Waals surface area contributed by atoms with E-state index in [1.807, 2.05) is 0 Å². The monoisotopic (exact) mass is 210 g/mol. The van der Waals surface area contributed by atoms with E-state index < -0.39 is 11.7 Å². The molecule has 0 atom stereocenters. The average Bonchev–Trinajstić information content (AvgIpc) is 2.71. The first-order chi connectivity index (χ1) is 7.10. The molecule has 1 heterocycles. The lowest BCUT2D eigenvalue weighted by Crippen LogP contribution is -2.17. The van der Waals surface area contributed by atoms with Crippen molar-refractivity contribution in [3.63, 3.8) is 0 Å². The van der Waals surface area contributed by atoms with Crippen molar-refractivity contribution in [1.82, 2.24) is 20.6 Å². The fourth-order valence-corrected chi connectivity index (χ4v) is 1.27. The van der Waals surface area contributed by atoms with Crippen LogP contribution in [-0.2, 0) is 5.92 Å². The summed E-state index contributed by atoms with van der Waals surface area (Å²) < 4.78 is 27.5. The Balaban J connectivity index is 2.46. The van der Waals surface area contributed by atoms with Crippen LogP contribution in [0.1, 0.15) is 17.0 Å². The molecule has 0 aliphatic rings. The van der Waals surface area contributed by atoms with Gasteiger partial charge in [0.05, 0.1) is 0 Å². The van der Waals surface area contributed by atoms with Crippen molar-refractivity contribution in [2.45, 2.75) is 12.8 Å². The first-order valence-electron chi connectivity index (χ1n) is 4.30. The van der Waals surface area contributed by atoms with E-state index in [1.165, 1.54) is 12.1 Å². The second kappa shape index (κ2) is 3.38. The molecule has 0 spiro atoms. The third-order valence-corrected chi connectivity index (χ3v) is 2.02. The van der Waals surface area contributed by atoms with Crippen molar-refractivity contribution in [2.24, 2.45) is 0 Å². The molecule has 0 amide bonds. The van der Waals surface area contributed by atoms with Gasteiger partial charge in [-0.05, 0) is 23.4 Å². The minimum Gasteiger partial charge on any atom is -0.237 e. The largest absolute Gasteiger partial charge is 0.333 e. The van der Waals surface area contributed by atoms with Crippen LogP contribution >= 0.6 is 0 Å². The summed E-state index contributed by atoms with van der Waals surface area (Å²) in [5, 5.41) is 11.6. The van der Waals surface area contributed by atoms with E-state index in [-0.39, 0.29) is 5.56 Å².